The van der Waals surface area contributed by atoms with Gasteiger partial charge in [0, 0.05) is 0 Å². The van der Waals surface area contributed by atoms with E-state index in [1.54, 1.807) is 0 Å². The SMILES string of the molecule is Cc1cc(C)cc(OCCC(=O)NCC(C)(O)C(=O)O)c1. The zero-order valence-electron chi connectivity index (χ0n) is 12.5. The first kappa shape index (κ1) is 17.0. The summed E-state index contributed by atoms with van der Waals surface area (Å²) in [4.78, 5) is 22.2. The van der Waals surface area contributed by atoms with Crippen LogP contribution in [0, 0.1) is 13.8 Å². The van der Waals surface area contributed by atoms with Crippen molar-refractivity contribution in [1.82, 2.24) is 5.32 Å². The summed E-state index contributed by atoms with van der Waals surface area (Å²) in [6.07, 6.45) is 0.0860. The van der Waals surface area contributed by atoms with Gasteiger partial charge in [0.1, 0.15) is 5.75 Å². The van der Waals surface area contributed by atoms with Crippen LogP contribution in [0.3, 0.4) is 0 Å². The number of carbonyl (C=O) groups is 2. The summed E-state index contributed by atoms with van der Waals surface area (Å²) < 4.78 is 5.48. The Morgan fingerprint density at radius 1 is 1.24 bits per heavy atom. The van der Waals surface area contributed by atoms with E-state index in [-0.39, 0.29) is 25.5 Å². The molecule has 0 radical (unpaired) electrons. The first-order valence-electron chi connectivity index (χ1n) is 6.64. The average molecular weight is 295 g/mol. The first-order valence-corrected chi connectivity index (χ1v) is 6.64. The van der Waals surface area contributed by atoms with Gasteiger partial charge in [0.05, 0.1) is 19.6 Å². The third-order valence-corrected chi connectivity index (χ3v) is 2.88. The summed E-state index contributed by atoms with van der Waals surface area (Å²) in [6, 6.07) is 5.77. The highest BCUT2D eigenvalue weighted by Gasteiger charge is 2.30. The minimum Gasteiger partial charge on any atom is -0.493 e. The van der Waals surface area contributed by atoms with Crippen LogP contribution < -0.4 is 10.1 Å². The van der Waals surface area contributed by atoms with Gasteiger partial charge in [-0.1, -0.05) is 6.07 Å². The van der Waals surface area contributed by atoms with Gasteiger partial charge in [-0.2, -0.15) is 0 Å². The van der Waals surface area contributed by atoms with Gasteiger partial charge in [0.25, 0.3) is 0 Å². The highest BCUT2D eigenvalue weighted by molar-refractivity contribution is 5.80. The van der Waals surface area contributed by atoms with E-state index in [2.05, 4.69) is 5.32 Å². The van der Waals surface area contributed by atoms with Crippen LogP contribution in [0.2, 0.25) is 0 Å². The van der Waals surface area contributed by atoms with Crippen molar-refractivity contribution < 1.29 is 24.5 Å². The molecule has 116 valence electrons. The second-order valence-electron chi connectivity index (χ2n) is 5.28. The number of carboxylic acid groups (broad SMARTS) is 1. The van der Waals surface area contributed by atoms with Crippen LogP contribution in [0.5, 0.6) is 5.75 Å². The molecule has 1 aromatic rings. The number of hydrogen-bond acceptors (Lipinski definition) is 4. The molecule has 1 rings (SSSR count). The van der Waals surface area contributed by atoms with Crippen molar-refractivity contribution in [3.63, 3.8) is 0 Å². The number of aliphatic hydroxyl groups is 1. The van der Waals surface area contributed by atoms with Gasteiger partial charge >= 0.3 is 5.97 Å². The van der Waals surface area contributed by atoms with Crippen LogP contribution >= 0.6 is 0 Å². The van der Waals surface area contributed by atoms with Crippen molar-refractivity contribution in [1.29, 1.82) is 0 Å². The van der Waals surface area contributed by atoms with E-state index in [1.807, 2.05) is 32.0 Å². The van der Waals surface area contributed by atoms with Crippen molar-refractivity contribution >= 4 is 11.9 Å². The standard InChI is InChI=1S/C15H21NO5/c1-10-6-11(2)8-12(7-10)21-5-4-13(17)16-9-15(3,20)14(18)19/h6-8,20H,4-5,9H2,1-3H3,(H,16,17)(H,18,19). The van der Waals surface area contributed by atoms with Gasteiger partial charge in [-0.15, -0.1) is 0 Å². The second-order valence-corrected chi connectivity index (χ2v) is 5.28. The van der Waals surface area contributed by atoms with Gasteiger partial charge in [-0.05, 0) is 44.0 Å². The smallest absolute Gasteiger partial charge is 0.337 e. The number of carboxylic acids is 1. The third kappa shape index (κ3) is 5.83. The van der Waals surface area contributed by atoms with Gasteiger partial charge in [-0.25, -0.2) is 4.79 Å². The van der Waals surface area contributed by atoms with Crippen molar-refractivity contribution in [2.24, 2.45) is 0 Å². The predicted octanol–water partition coefficient (Wildman–Crippen LogP) is 1.02. The number of aryl methyl sites for hydroxylation is 2. The highest BCUT2D eigenvalue weighted by Crippen LogP contribution is 2.16. The van der Waals surface area contributed by atoms with E-state index >= 15 is 0 Å². The predicted molar refractivity (Wildman–Crippen MR) is 77.3 cm³/mol. The molecule has 1 amide bonds. The molecule has 0 spiro atoms. The minimum atomic E-state index is -1.97. The summed E-state index contributed by atoms with van der Waals surface area (Å²) in [7, 11) is 0. The van der Waals surface area contributed by atoms with Crippen molar-refractivity contribution in [3.8, 4) is 5.75 Å². The minimum absolute atomic E-state index is 0.0860. The monoisotopic (exact) mass is 295 g/mol. The molecular weight excluding hydrogens is 274 g/mol. The lowest BCUT2D eigenvalue weighted by Crippen LogP contribution is -2.46. The Labute approximate surface area is 123 Å². The number of ether oxygens (including phenoxy) is 1. The Balaban J connectivity index is 2.35. The largest absolute Gasteiger partial charge is 0.493 e. The molecule has 0 aliphatic rings. The Morgan fingerprint density at radius 3 is 2.33 bits per heavy atom. The Bertz CT molecular complexity index is 505. The lowest BCUT2D eigenvalue weighted by atomic mass is 10.1. The van der Waals surface area contributed by atoms with Crippen LogP contribution in [0.4, 0.5) is 0 Å². The number of benzene rings is 1. The molecule has 0 saturated heterocycles. The van der Waals surface area contributed by atoms with Crippen LogP contribution in [0.15, 0.2) is 18.2 Å². The normalized spacial score (nSPS) is 13.3. The van der Waals surface area contributed by atoms with Crippen molar-refractivity contribution in [3.05, 3.63) is 29.3 Å². The van der Waals surface area contributed by atoms with E-state index in [9.17, 15) is 14.7 Å². The maximum atomic E-state index is 11.5. The van der Waals surface area contributed by atoms with Crippen molar-refractivity contribution in [2.75, 3.05) is 13.2 Å². The van der Waals surface area contributed by atoms with Gasteiger partial charge < -0.3 is 20.3 Å². The van der Waals surface area contributed by atoms with Crippen LogP contribution in [-0.2, 0) is 9.59 Å². The number of hydrogen-bond donors (Lipinski definition) is 3. The van der Waals surface area contributed by atoms with Gasteiger partial charge in [0.15, 0.2) is 5.60 Å². The van der Waals surface area contributed by atoms with E-state index in [0.717, 1.165) is 18.1 Å². The van der Waals surface area contributed by atoms with Crippen LogP contribution in [0.25, 0.3) is 0 Å². The fourth-order valence-corrected chi connectivity index (χ4v) is 1.71. The first-order chi connectivity index (χ1) is 9.70. The van der Waals surface area contributed by atoms with E-state index < -0.39 is 11.6 Å². The molecule has 0 fully saturated rings. The lowest BCUT2D eigenvalue weighted by Gasteiger charge is -2.18. The Kier molecular flexibility index (Phi) is 5.72. The number of aliphatic carboxylic acids is 1. The molecule has 0 aliphatic carbocycles. The topological polar surface area (TPSA) is 95.9 Å². The number of rotatable bonds is 7. The number of carbonyl (C=O) groups excluding carboxylic acids is 1. The van der Waals surface area contributed by atoms with Gasteiger partial charge in [0.2, 0.25) is 5.91 Å². The van der Waals surface area contributed by atoms with E-state index in [1.165, 1.54) is 0 Å². The molecule has 0 bridgehead atoms. The van der Waals surface area contributed by atoms with Gasteiger partial charge in [-0.3, -0.25) is 4.79 Å². The zero-order valence-corrected chi connectivity index (χ0v) is 12.5. The molecule has 0 saturated carbocycles. The fourth-order valence-electron chi connectivity index (χ4n) is 1.71. The highest BCUT2D eigenvalue weighted by atomic mass is 16.5. The third-order valence-electron chi connectivity index (χ3n) is 2.88. The molecule has 0 aromatic heterocycles. The molecule has 6 heteroatoms. The maximum absolute atomic E-state index is 11.5. The van der Waals surface area contributed by atoms with E-state index in [4.69, 9.17) is 9.84 Å². The lowest BCUT2D eigenvalue weighted by molar-refractivity contribution is -0.156. The Morgan fingerprint density at radius 2 is 1.81 bits per heavy atom. The van der Waals surface area contributed by atoms with Crippen LogP contribution in [0.1, 0.15) is 24.5 Å². The average Bonchev–Trinajstić information content (AvgIpc) is 2.35. The van der Waals surface area contributed by atoms with Crippen molar-refractivity contribution in [2.45, 2.75) is 32.8 Å². The number of amides is 1. The molecule has 6 nitrogen and oxygen atoms in total. The molecule has 1 aromatic carbocycles. The second kappa shape index (κ2) is 7.08. The fraction of sp³-hybridized carbons (Fsp3) is 0.467. The molecule has 1 atom stereocenters. The number of nitrogens with one attached hydrogen (secondary N) is 1. The summed E-state index contributed by atoms with van der Waals surface area (Å²) >= 11 is 0. The molecular formula is C15H21NO5. The maximum Gasteiger partial charge on any atom is 0.337 e. The summed E-state index contributed by atoms with van der Waals surface area (Å²) in [5, 5.41) is 20.5. The molecule has 1 unspecified atom stereocenters. The summed E-state index contributed by atoms with van der Waals surface area (Å²) in [6.45, 7) is 4.89. The summed E-state index contributed by atoms with van der Waals surface area (Å²) in [5.41, 5.74) is 0.184. The molecule has 21 heavy (non-hydrogen) atoms. The van der Waals surface area contributed by atoms with Crippen LogP contribution in [-0.4, -0.2) is 40.8 Å². The molecule has 0 heterocycles. The zero-order chi connectivity index (χ0) is 16.0. The van der Waals surface area contributed by atoms with E-state index in [0.29, 0.717) is 5.75 Å². The summed E-state index contributed by atoms with van der Waals surface area (Å²) in [5.74, 6) is -1.06. The molecule has 0 aliphatic heterocycles. The molecule has 3 N–H and O–H groups in total. The quantitative estimate of drug-likeness (QED) is 0.698. The Hall–Kier alpha value is -2.08.